The molecule has 0 aliphatic carbocycles. The highest BCUT2D eigenvalue weighted by Gasteiger charge is 2.20. The van der Waals surface area contributed by atoms with Crippen molar-refractivity contribution in [1.82, 2.24) is 4.57 Å². The Labute approximate surface area is 200 Å². The smallest absolute Gasteiger partial charge is 0.295 e. The van der Waals surface area contributed by atoms with Crippen molar-refractivity contribution in [2.24, 2.45) is 10.2 Å². The van der Waals surface area contributed by atoms with Gasteiger partial charge in [0.05, 0.1) is 16.0 Å². The summed E-state index contributed by atoms with van der Waals surface area (Å²) in [6, 6.07) is 19.1. The van der Waals surface area contributed by atoms with Crippen LogP contribution in [0.5, 0.6) is 5.88 Å². The first-order chi connectivity index (χ1) is 16.3. The van der Waals surface area contributed by atoms with Gasteiger partial charge in [0.25, 0.3) is 11.6 Å². The SMILES string of the molecule is O=C(Cn1c(O)c(N=NC(=O)c2cccc([N+](=O)[O-])c2)c2cc(Br)ccc21)Nc1ccccc1. The van der Waals surface area contributed by atoms with Crippen LogP contribution in [0.25, 0.3) is 10.9 Å². The van der Waals surface area contributed by atoms with Crippen LogP contribution < -0.4 is 5.32 Å². The van der Waals surface area contributed by atoms with Gasteiger partial charge in [-0.05, 0) is 36.4 Å². The average Bonchev–Trinajstić information content (AvgIpc) is 3.08. The van der Waals surface area contributed by atoms with Crippen molar-refractivity contribution in [2.75, 3.05) is 5.32 Å². The highest BCUT2D eigenvalue weighted by atomic mass is 79.9. The lowest BCUT2D eigenvalue weighted by Crippen LogP contribution is -2.18. The number of non-ortho nitro benzene ring substituents is 1. The van der Waals surface area contributed by atoms with E-state index in [1.165, 1.54) is 22.8 Å². The second-order valence-electron chi connectivity index (χ2n) is 7.15. The maximum atomic E-state index is 12.6. The van der Waals surface area contributed by atoms with Crippen molar-refractivity contribution in [1.29, 1.82) is 0 Å². The first-order valence-electron chi connectivity index (χ1n) is 9.89. The van der Waals surface area contributed by atoms with Crippen LogP contribution in [0.4, 0.5) is 17.1 Å². The highest BCUT2D eigenvalue weighted by molar-refractivity contribution is 9.10. The first-order valence-corrected chi connectivity index (χ1v) is 10.7. The van der Waals surface area contributed by atoms with Crippen molar-refractivity contribution in [3.63, 3.8) is 0 Å². The number of nitrogens with zero attached hydrogens (tertiary/aromatic N) is 4. The fourth-order valence-corrected chi connectivity index (χ4v) is 3.69. The van der Waals surface area contributed by atoms with Gasteiger partial charge >= 0.3 is 0 Å². The van der Waals surface area contributed by atoms with E-state index in [1.807, 2.05) is 6.07 Å². The lowest BCUT2D eigenvalue weighted by atomic mass is 10.2. The monoisotopic (exact) mass is 521 g/mol. The molecule has 0 aliphatic rings. The van der Waals surface area contributed by atoms with Crippen LogP contribution in [0.3, 0.4) is 0 Å². The molecule has 0 saturated heterocycles. The Morgan fingerprint density at radius 3 is 2.56 bits per heavy atom. The molecule has 170 valence electrons. The molecule has 0 radical (unpaired) electrons. The molecule has 4 aromatic rings. The van der Waals surface area contributed by atoms with Gasteiger partial charge in [0, 0.05) is 27.7 Å². The van der Waals surface area contributed by atoms with Gasteiger partial charge in [0.2, 0.25) is 11.8 Å². The van der Waals surface area contributed by atoms with Gasteiger partial charge in [-0.1, -0.05) is 40.2 Å². The van der Waals surface area contributed by atoms with Gasteiger partial charge in [0.1, 0.15) is 6.54 Å². The Balaban J connectivity index is 1.66. The number of anilines is 1. The molecule has 34 heavy (non-hydrogen) atoms. The lowest BCUT2D eigenvalue weighted by molar-refractivity contribution is -0.384. The van der Waals surface area contributed by atoms with Crippen molar-refractivity contribution >= 4 is 55.7 Å². The number of para-hydroxylation sites is 1. The van der Waals surface area contributed by atoms with Gasteiger partial charge in [-0.3, -0.25) is 19.7 Å². The molecule has 0 aliphatic heterocycles. The van der Waals surface area contributed by atoms with Crippen LogP contribution >= 0.6 is 15.9 Å². The second kappa shape index (κ2) is 9.63. The van der Waals surface area contributed by atoms with Gasteiger partial charge in [0.15, 0.2) is 5.69 Å². The number of carbonyl (C=O) groups is 2. The van der Waals surface area contributed by atoms with Crippen molar-refractivity contribution < 1.29 is 19.6 Å². The third-order valence-corrected chi connectivity index (χ3v) is 5.37. The lowest BCUT2D eigenvalue weighted by Gasteiger charge is -2.08. The number of nitrogens with one attached hydrogen (secondary N) is 1. The Morgan fingerprint density at radius 2 is 1.82 bits per heavy atom. The summed E-state index contributed by atoms with van der Waals surface area (Å²) in [5.74, 6) is -1.55. The molecule has 2 N–H and O–H groups in total. The van der Waals surface area contributed by atoms with Crippen LogP contribution in [0, 0.1) is 10.1 Å². The number of carbonyl (C=O) groups excluding carboxylic acids is 2. The summed E-state index contributed by atoms with van der Waals surface area (Å²) in [6.07, 6.45) is 0. The van der Waals surface area contributed by atoms with E-state index in [9.17, 15) is 24.8 Å². The number of halogens is 1. The van der Waals surface area contributed by atoms with E-state index in [2.05, 4.69) is 31.5 Å². The molecule has 0 spiro atoms. The zero-order valence-electron chi connectivity index (χ0n) is 17.4. The van der Waals surface area contributed by atoms with Crippen LogP contribution in [0.2, 0.25) is 0 Å². The number of amides is 2. The molecule has 1 heterocycles. The molecule has 0 saturated carbocycles. The van der Waals surface area contributed by atoms with Gasteiger partial charge < -0.3 is 15.0 Å². The predicted molar refractivity (Wildman–Crippen MR) is 128 cm³/mol. The van der Waals surface area contributed by atoms with E-state index in [0.717, 1.165) is 6.07 Å². The second-order valence-corrected chi connectivity index (χ2v) is 8.06. The van der Waals surface area contributed by atoms with Gasteiger partial charge in [-0.15, -0.1) is 10.2 Å². The van der Waals surface area contributed by atoms with Gasteiger partial charge in [-0.25, -0.2) is 0 Å². The quantitative estimate of drug-likeness (QED) is 0.193. The van der Waals surface area contributed by atoms with E-state index >= 15 is 0 Å². The Hall–Kier alpha value is -4.38. The minimum atomic E-state index is -0.819. The summed E-state index contributed by atoms with van der Waals surface area (Å²) >= 11 is 3.36. The Morgan fingerprint density at radius 1 is 1.06 bits per heavy atom. The predicted octanol–water partition coefficient (Wildman–Crippen LogP) is 5.58. The molecule has 11 heteroatoms. The average molecular weight is 522 g/mol. The van der Waals surface area contributed by atoms with E-state index in [1.54, 1.807) is 42.5 Å². The molecule has 10 nitrogen and oxygen atoms in total. The zero-order chi connectivity index (χ0) is 24.2. The molecule has 0 unspecified atom stereocenters. The number of hydrogen-bond acceptors (Lipinski definition) is 6. The highest BCUT2D eigenvalue weighted by Crippen LogP contribution is 2.40. The van der Waals surface area contributed by atoms with E-state index < -0.39 is 10.8 Å². The van der Waals surface area contributed by atoms with Crippen LogP contribution in [-0.4, -0.2) is 26.4 Å². The van der Waals surface area contributed by atoms with E-state index in [4.69, 9.17) is 0 Å². The summed E-state index contributed by atoms with van der Waals surface area (Å²) < 4.78 is 2.04. The number of nitro groups is 1. The molecular formula is C23H16BrN5O5. The molecule has 2 amide bonds. The number of aromatic hydroxyl groups is 1. The number of fused-ring (bicyclic) bond motifs is 1. The molecule has 3 aromatic carbocycles. The minimum Gasteiger partial charge on any atom is -0.493 e. The molecule has 0 fully saturated rings. The first kappa shape index (κ1) is 22.8. The largest absolute Gasteiger partial charge is 0.493 e. The fraction of sp³-hybridized carbons (Fsp3) is 0.0435. The van der Waals surface area contributed by atoms with Crippen LogP contribution in [0.1, 0.15) is 10.4 Å². The van der Waals surface area contributed by atoms with Crippen LogP contribution in [-0.2, 0) is 11.3 Å². The number of rotatable bonds is 6. The van der Waals surface area contributed by atoms with E-state index in [-0.39, 0.29) is 35.3 Å². The number of azo groups is 1. The van der Waals surface area contributed by atoms with Crippen molar-refractivity contribution in [3.8, 4) is 5.88 Å². The van der Waals surface area contributed by atoms with Gasteiger partial charge in [-0.2, -0.15) is 0 Å². The Bertz CT molecular complexity index is 1450. The molecular weight excluding hydrogens is 506 g/mol. The number of aromatic nitrogens is 1. The van der Waals surface area contributed by atoms with Crippen molar-refractivity contribution in [3.05, 3.63) is 92.9 Å². The summed E-state index contributed by atoms with van der Waals surface area (Å²) in [5, 5.41) is 32.5. The molecule has 4 rings (SSSR count). The molecule has 0 atom stereocenters. The summed E-state index contributed by atoms with van der Waals surface area (Å²) in [4.78, 5) is 35.4. The summed E-state index contributed by atoms with van der Waals surface area (Å²) in [5.41, 5.74) is 0.815. The third-order valence-electron chi connectivity index (χ3n) is 4.88. The topological polar surface area (TPSA) is 139 Å². The maximum absolute atomic E-state index is 12.6. The number of nitro benzene ring substituents is 1. The van der Waals surface area contributed by atoms with Crippen LogP contribution in [0.15, 0.2) is 87.5 Å². The molecule has 1 aromatic heterocycles. The fourth-order valence-electron chi connectivity index (χ4n) is 3.33. The minimum absolute atomic E-state index is 0.0115. The molecule has 0 bridgehead atoms. The standard InChI is InChI=1S/C23H16BrN5O5/c24-15-9-10-19-18(12-15)21(26-27-22(31)14-5-4-8-17(11-14)29(33)34)23(32)28(19)13-20(30)25-16-6-2-1-3-7-16/h1-12,32H,13H2,(H,25,30). The number of benzene rings is 3. The summed E-state index contributed by atoms with van der Waals surface area (Å²) in [7, 11) is 0. The van der Waals surface area contributed by atoms with E-state index in [0.29, 0.717) is 21.1 Å². The maximum Gasteiger partial charge on any atom is 0.295 e. The number of hydrogen-bond donors (Lipinski definition) is 2. The van der Waals surface area contributed by atoms with Crippen molar-refractivity contribution in [2.45, 2.75) is 6.54 Å². The summed E-state index contributed by atoms with van der Waals surface area (Å²) in [6.45, 7) is -0.215. The Kier molecular flexibility index (Phi) is 6.46. The normalized spacial score (nSPS) is 11.1. The third kappa shape index (κ3) is 4.84. The zero-order valence-corrected chi connectivity index (χ0v) is 19.0.